The van der Waals surface area contributed by atoms with Gasteiger partial charge in [-0.2, -0.15) is 0 Å². The molecule has 6 nitrogen and oxygen atoms in total. The van der Waals surface area contributed by atoms with Crippen molar-refractivity contribution in [3.8, 4) is 5.75 Å². The van der Waals surface area contributed by atoms with E-state index in [4.69, 9.17) is 4.74 Å². The Morgan fingerprint density at radius 1 is 1.43 bits per heavy atom. The topological polar surface area (TPSA) is 75.8 Å². The summed E-state index contributed by atoms with van der Waals surface area (Å²) in [7, 11) is 1.41. The Bertz CT molecular complexity index is 587. The van der Waals surface area contributed by atoms with Crippen molar-refractivity contribution in [3.63, 3.8) is 0 Å². The summed E-state index contributed by atoms with van der Waals surface area (Å²) in [5.74, 6) is 0.558. The van der Waals surface area contributed by atoms with Gasteiger partial charge in [-0.05, 0) is 36.5 Å². The molecule has 3 fully saturated rings. The van der Waals surface area contributed by atoms with Gasteiger partial charge in [-0.1, -0.05) is 6.07 Å². The van der Waals surface area contributed by atoms with Crippen LogP contribution in [0, 0.1) is 16.0 Å². The number of fused-ring (bicyclic) bond motifs is 3. The monoisotopic (exact) mass is 290 g/mol. The summed E-state index contributed by atoms with van der Waals surface area (Å²) in [5.41, 5.74) is 1.53. The standard InChI is InChI=1S/C15H18N2O4/c1-21-14-3-2-10(8-12(14)17(19)20)9-13-15(18)11-4-6-16(13)7-5-11/h2-3,8-9,11,15,18H,4-7H2,1H3/b13-9-. The Balaban J connectivity index is 1.96. The van der Waals surface area contributed by atoms with Crippen molar-refractivity contribution in [3.05, 3.63) is 39.6 Å². The van der Waals surface area contributed by atoms with E-state index in [1.165, 1.54) is 13.2 Å². The number of rotatable bonds is 3. The molecule has 0 saturated carbocycles. The number of benzene rings is 1. The Hall–Kier alpha value is -2.08. The molecule has 1 aromatic rings. The van der Waals surface area contributed by atoms with Gasteiger partial charge in [-0.25, -0.2) is 0 Å². The largest absolute Gasteiger partial charge is 0.490 e. The molecular formula is C15H18N2O4. The fraction of sp³-hybridized carbons (Fsp3) is 0.467. The first-order valence-electron chi connectivity index (χ1n) is 7.07. The number of nitrogens with zero attached hydrogens (tertiary/aromatic N) is 2. The Morgan fingerprint density at radius 3 is 2.71 bits per heavy atom. The maximum absolute atomic E-state index is 11.1. The summed E-state index contributed by atoms with van der Waals surface area (Å²) >= 11 is 0. The van der Waals surface area contributed by atoms with E-state index in [2.05, 4.69) is 4.90 Å². The molecule has 0 spiro atoms. The van der Waals surface area contributed by atoms with Gasteiger partial charge in [0.25, 0.3) is 0 Å². The van der Waals surface area contributed by atoms with Crippen LogP contribution in [0.5, 0.6) is 5.75 Å². The number of nitro groups is 1. The molecule has 0 aromatic heterocycles. The minimum Gasteiger partial charge on any atom is -0.490 e. The number of aliphatic hydroxyl groups is 1. The van der Waals surface area contributed by atoms with E-state index >= 15 is 0 Å². The number of ether oxygens (including phenoxy) is 1. The van der Waals surface area contributed by atoms with Crippen LogP contribution in [0.15, 0.2) is 23.9 Å². The van der Waals surface area contributed by atoms with E-state index in [-0.39, 0.29) is 11.4 Å². The Morgan fingerprint density at radius 2 is 2.14 bits per heavy atom. The lowest BCUT2D eigenvalue weighted by molar-refractivity contribution is -0.385. The molecule has 3 aliphatic heterocycles. The van der Waals surface area contributed by atoms with Crippen LogP contribution in [-0.2, 0) is 0 Å². The molecule has 0 amide bonds. The zero-order valence-corrected chi connectivity index (χ0v) is 11.9. The van der Waals surface area contributed by atoms with Crippen LogP contribution < -0.4 is 4.74 Å². The lowest BCUT2D eigenvalue weighted by atomic mass is 9.83. The maximum atomic E-state index is 11.1. The molecule has 2 bridgehead atoms. The second kappa shape index (κ2) is 5.37. The number of nitro benzene ring substituents is 1. The minimum atomic E-state index is -0.464. The summed E-state index contributed by atoms with van der Waals surface area (Å²) in [6, 6.07) is 4.85. The Kier molecular flexibility index (Phi) is 3.55. The highest BCUT2D eigenvalue weighted by Crippen LogP contribution is 2.36. The van der Waals surface area contributed by atoms with Crippen LogP contribution in [0.1, 0.15) is 18.4 Å². The molecule has 21 heavy (non-hydrogen) atoms. The lowest BCUT2D eigenvalue weighted by Crippen LogP contribution is -2.48. The SMILES string of the molecule is COc1ccc(/C=C2/C(O)C3CCN2CC3)cc1[N+](=O)[O-]. The van der Waals surface area contributed by atoms with Crippen molar-refractivity contribution < 1.29 is 14.8 Å². The highest BCUT2D eigenvalue weighted by atomic mass is 16.6. The number of aliphatic hydroxyl groups excluding tert-OH is 1. The molecule has 3 heterocycles. The average molecular weight is 290 g/mol. The Labute approximate surface area is 122 Å². The van der Waals surface area contributed by atoms with E-state index in [1.807, 2.05) is 6.08 Å². The molecule has 1 atom stereocenters. The molecule has 4 rings (SSSR count). The molecular weight excluding hydrogens is 272 g/mol. The quantitative estimate of drug-likeness (QED) is 0.681. The van der Waals surface area contributed by atoms with Crippen molar-refractivity contribution in [2.45, 2.75) is 18.9 Å². The average Bonchev–Trinajstić information content (AvgIpc) is 2.51. The van der Waals surface area contributed by atoms with Crippen molar-refractivity contribution in [1.29, 1.82) is 0 Å². The van der Waals surface area contributed by atoms with Crippen molar-refractivity contribution >= 4 is 11.8 Å². The highest BCUT2D eigenvalue weighted by Gasteiger charge is 2.36. The first kappa shape index (κ1) is 13.9. The third-order valence-corrected chi connectivity index (χ3v) is 4.37. The van der Waals surface area contributed by atoms with Gasteiger partial charge in [0.05, 0.1) is 18.1 Å². The number of piperidine rings is 3. The van der Waals surface area contributed by atoms with Gasteiger partial charge in [0.15, 0.2) is 5.75 Å². The molecule has 112 valence electrons. The van der Waals surface area contributed by atoms with Crippen molar-refractivity contribution in [2.75, 3.05) is 20.2 Å². The van der Waals surface area contributed by atoms with Crippen molar-refractivity contribution in [2.24, 2.45) is 5.92 Å². The zero-order chi connectivity index (χ0) is 15.0. The van der Waals surface area contributed by atoms with E-state index in [1.54, 1.807) is 12.1 Å². The van der Waals surface area contributed by atoms with Gasteiger partial charge >= 0.3 is 5.69 Å². The summed E-state index contributed by atoms with van der Waals surface area (Å²) in [4.78, 5) is 12.8. The summed E-state index contributed by atoms with van der Waals surface area (Å²) in [6.45, 7) is 1.90. The van der Waals surface area contributed by atoms with Crippen LogP contribution in [-0.4, -0.2) is 41.2 Å². The number of hydrogen-bond donors (Lipinski definition) is 1. The predicted octanol–water partition coefficient (Wildman–Crippen LogP) is 2.03. The minimum absolute atomic E-state index is 0.0580. The molecule has 1 aromatic carbocycles. The number of hydrogen-bond acceptors (Lipinski definition) is 5. The fourth-order valence-corrected chi connectivity index (χ4v) is 3.19. The van der Waals surface area contributed by atoms with Crippen LogP contribution in [0.25, 0.3) is 6.08 Å². The lowest BCUT2D eigenvalue weighted by Gasteiger charge is -2.45. The maximum Gasteiger partial charge on any atom is 0.311 e. The van der Waals surface area contributed by atoms with Gasteiger partial charge in [-0.3, -0.25) is 10.1 Å². The third kappa shape index (κ3) is 2.47. The number of methoxy groups -OCH3 is 1. The highest BCUT2D eigenvalue weighted by molar-refractivity contribution is 5.61. The van der Waals surface area contributed by atoms with Gasteiger partial charge in [0, 0.05) is 24.9 Å². The van der Waals surface area contributed by atoms with E-state index < -0.39 is 11.0 Å². The van der Waals surface area contributed by atoms with Crippen LogP contribution >= 0.6 is 0 Å². The van der Waals surface area contributed by atoms with Gasteiger partial charge in [0.1, 0.15) is 0 Å². The smallest absolute Gasteiger partial charge is 0.311 e. The molecule has 1 N–H and O–H groups in total. The van der Waals surface area contributed by atoms with E-state index in [9.17, 15) is 15.2 Å². The van der Waals surface area contributed by atoms with Gasteiger partial charge < -0.3 is 14.7 Å². The summed E-state index contributed by atoms with van der Waals surface area (Å²) in [6.07, 6.45) is 3.42. The van der Waals surface area contributed by atoms with Crippen LogP contribution in [0.2, 0.25) is 0 Å². The normalized spacial score (nSPS) is 26.2. The first-order valence-corrected chi connectivity index (χ1v) is 7.07. The molecule has 3 saturated heterocycles. The van der Waals surface area contributed by atoms with Crippen LogP contribution in [0.4, 0.5) is 5.69 Å². The summed E-state index contributed by atoms with van der Waals surface area (Å²) in [5, 5.41) is 21.4. The van der Waals surface area contributed by atoms with Crippen molar-refractivity contribution in [1.82, 2.24) is 4.90 Å². The predicted molar refractivity (Wildman–Crippen MR) is 77.9 cm³/mol. The second-order valence-electron chi connectivity index (χ2n) is 5.53. The molecule has 3 aliphatic rings. The second-order valence-corrected chi connectivity index (χ2v) is 5.53. The molecule has 1 unspecified atom stereocenters. The van der Waals surface area contributed by atoms with Gasteiger partial charge in [0.2, 0.25) is 0 Å². The molecule has 0 radical (unpaired) electrons. The van der Waals surface area contributed by atoms with E-state index in [0.717, 1.165) is 31.6 Å². The molecule has 6 heteroatoms. The first-order chi connectivity index (χ1) is 10.1. The fourth-order valence-electron chi connectivity index (χ4n) is 3.19. The third-order valence-electron chi connectivity index (χ3n) is 4.37. The zero-order valence-electron chi connectivity index (χ0n) is 11.9. The van der Waals surface area contributed by atoms with Gasteiger partial charge in [-0.15, -0.1) is 0 Å². The van der Waals surface area contributed by atoms with Crippen LogP contribution in [0.3, 0.4) is 0 Å². The molecule has 0 aliphatic carbocycles. The summed E-state index contributed by atoms with van der Waals surface area (Å²) < 4.78 is 5.00. The van der Waals surface area contributed by atoms with E-state index in [0.29, 0.717) is 11.5 Å².